The van der Waals surface area contributed by atoms with E-state index in [1.807, 2.05) is 37.3 Å². The van der Waals surface area contributed by atoms with E-state index in [-0.39, 0.29) is 16.8 Å². The van der Waals surface area contributed by atoms with E-state index in [9.17, 15) is 4.79 Å². The third-order valence-electron chi connectivity index (χ3n) is 8.30. The molecule has 4 aromatic rings. The van der Waals surface area contributed by atoms with E-state index < -0.39 is 0 Å². The molecular weight excluding hydrogens is 480 g/mol. The Labute approximate surface area is 232 Å². The molecular formula is C36H38O3. The Morgan fingerprint density at radius 1 is 0.692 bits per heavy atom. The molecule has 0 N–H and O–H groups in total. The zero-order valence-corrected chi connectivity index (χ0v) is 23.9. The van der Waals surface area contributed by atoms with Gasteiger partial charge in [0.25, 0.3) is 0 Å². The van der Waals surface area contributed by atoms with Gasteiger partial charge in [-0.3, -0.25) is 0 Å². The van der Waals surface area contributed by atoms with Crippen LogP contribution in [-0.4, -0.2) is 19.7 Å². The van der Waals surface area contributed by atoms with E-state index in [2.05, 4.69) is 82.3 Å². The number of esters is 1. The van der Waals surface area contributed by atoms with Gasteiger partial charge in [-0.1, -0.05) is 82.3 Å². The van der Waals surface area contributed by atoms with Gasteiger partial charge < -0.3 is 9.47 Å². The molecule has 0 heterocycles. The molecule has 200 valence electrons. The SMILES string of the molecule is CCOC(=O)c1ccc(-c2ccc(-c3ccccc3)c(-c3cc4c(cc3OC)C(C)(C)CCC4(C)C)c2)cc1. The minimum atomic E-state index is -0.298. The molecule has 1 aliphatic carbocycles. The van der Waals surface area contributed by atoms with Gasteiger partial charge in [0, 0.05) is 5.56 Å². The molecule has 0 amide bonds. The van der Waals surface area contributed by atoms with E-state index in [1.54, 1.807) is 7.11 Å². The summed E-state index contributed by atoms with van der Waals surface area (Å²) < 4.78 is 11.2. The Morgan fingerprint density at radius 3 is 1.92 bits per heavy atom. The van der Waals surface area contributed by atoms with Crippen LogP contribution in [0, 0.1) is 0 Å². The maximum atomic E-state index is 12.2. The first-order chi connectivity index (χ1) is 18.6. The Kier molecular flexibility index (Phi) is 7.11. The molecule has 3 heteroatoms. The highest BCUT2D eigenvalue weighted by Crippen LogP contribution is 2.50. The molecule has 4 aromatic carbocycles. The van der Waals surface area contributed by atoms with E-state index in [4.69, 9.17) is 9.47 Å². The lowest BCUT2D eigenvalue weighted by Gasteiger charge is -2.42. The highest BCUT2D eigenvalue weighted by molar-refractivity contribution is 5.92. The van der Waals surface area contributed by atoms with Crippen molar-refractivity contribution >= 4 is 5.97 Å². The van der Waals surface area contributed by atoms with Crippen LogP contribution < -0.4 is 4.74 Å². The van der Waals surface area contributed by atoms with Gasteiger partial charge in [-0.25, -0.2) is 4.79 Å². The van der Waals surface area contributed by atoms with Crippen molar-refractivity contribution in [1.29, 1.82) is 0 Å². The van der Waals surface area contributed by atoms with Crippen LogP contribution in [0.2, 0.25) is 0 Å². The van der Waals surface area contributed by atoms with Crippen LogP contribution in [-0.2, 0) is 15.6 Å². The number of hydrogen-bond donors (Lipinski definition) is 0. The molecule has 0 bridgehead atoms. The van der Waals surface area contributed by atoms with Crippen LogP contribution in [0.4, 0.5) is 0 Å². The highest BCUT2D eigenvalue weighted by Gasteiger charge is 2.38. The van der Waals surface area contributed by atoms with E-state index in [1.165, 1.54) is 11.1 Å². The Bertz CT molecular complexity index is 1490. The van der Waals surface area contributed by atoms with Crippen molar-refractivity contribution in [1.82, 2.24) is 0 Å². The standard InChI is InChI=1S/C36H38O3/c1-7-39-34(37)26-15-13-24(14-16-26)27-17-18-28(25-11-9-8-10-12-25)29(21-27)30-22-31-32(23-33(30)38-6)36(4,5)20-19-35(31,2)3/h8-18,21-23H,7,19-20H2,1-6H3. The second-order valence-corrected chi connectivity index (χ2v) is 11.8. The lowest BCUT2D eigenvalue weighted by Crippen LogP contribution is -2.33. The second kappa shape index (κ2) is 10.4. The third-order valence-corrected chi connectivity index (χ3v) is 8.30. The van der Waals surface area contributed by atoms with E-state index in [0.717, 1.165) is 52.0 Å². The molecule has 0 spiro atoms. The van der Waals surface area contributed by atoms with Gasteiger partial charge in [-0.2, -0.15) is 0 Å². The summed E-state index contributed by atoms with van der Waals surface area (Å²) in [7, 11) is 1.77. The van der Waals surface area contributed by atoms with Crippen LogP contribution in [0.15, 0.2) is 84.9 Å². The van der Waals surface area contributed by atoms with Gasteiger partial charge in [0.05, 0.1) is 19.3 Å². The summed E-state index contributed by atoms with van der Waals surface area (Å²) in [4.78, 5) is 12.2. The first-order valence-corrected chi connectivity index (χ1v) is 13.8. The summed E-state index contributed by atoms with van der Waals surface area (Å²) in [6.07, 6.45) is 2.30. The summed E-state index contributed by atoms with van der Waals surface area (Å²) in [6, 6.07) is 29.4. The lowest BCUT2D eigenvalue weighted by atomic mass is 9.62. The number of hydrogen-bond acceptors (Lipinski definition) is 3. The molecule has 0 saturated heterocycles. The van der Waals surface area contributed by atoms with Gasteiger partial charge in [0.2, 0.25) is 0 Å². The predicted octanol–water partition coefficient (Wildman–Crippen LogP) is 9.22. The molecule has 5 rings (SSSR count). The zero-order chi connectivity index (χ0) is 27.8. The minimum absolute atomic E-state index is 0.0827. The summed E-state index contributed by atoms with van der Waals surface area (Å²) in [5.74, 6) is 0.597. The van der Waals surface area contributed by atoms with E-state index >= 15 is 0 Å². The number of rotatable bonds is 6. The molecule has 39 heavy (non-hydrogen) atoms. The average molecular weight is 519 g/mol. The molecule has 1 aliphatic rings. The fourth-order valence-electron chi connectivity index (χ4n) is 5.80. The largest absolute Gasteiger partial charge is 0.496 e. The summed E-state index contributed by atoms with van der Waals surface area (Å²) in [5, 5.41) is 0. The van der Waals surface area contributed by atoms with E-state index in [0.29, 0.717) is 12.2 Å². The number of carbonyl (C=O) groups excluding carboxylic acids is 1. The van der Waals surface area contributed by atoms with Gasteiger partial charge in [-0.05, 0) is 99.9 Å². The number of fused-ring (bicyclic) bond motifs is 1. The molecule has 0 saturated carbocycles. The molecule has 0 fully saturated rings. The fourth-order valence-corrected chi connectivity index (χ4v) is 5.80. The number of carbonyl (C=O) groups is 1. The zero-order valence-electron chi connectivity index (χ0n) is 23.9. The Balaban J connectivity index is 1.71. The molecule has 0 aliphatic heterocycles. The Hall–Kier alpha value is -3.85. The van der Waals surface area contributed by atoms with Crippen LogP contribution >= 0.6 is 0 Å². The first-order valence-electron chi connectivity index (χ1n) is 13.8. The topological polar surface area (TPSA) is 35.5 Å². The molecule has 0 unspecified atom stereocenters. The normalized spacial score (nSPS) is 15.3. The molecule has 3 nitrogen and oxygen atoms in total. The summed E-state index contributed by atoms with van der Waals surface area (Å²) >= 11 is 0. The summed E-state index contributed by atoms with van der Waals surface area (Å²) in [6.45, 7) is 11.6. The van der Waals surface area contributed by atoms with Gasteiger partial charge in [-0.15, -0.1) is 0 Å². The van der Waals surface area contributed by atoms with Crippen LogP contribution in [0.3, 0.4) is 0 Å². The smallest absolute Gasteiger partial charge is 0.338 e. The predicted molar refractivity (Wildman–Crippen MR) is 161 cm³/mol. The quantitative estimate of drug-likeness (QED) is 0.239. The average Bonchev–Trinajstić information content (AvgIpc) is 2.95. The second-order valence-electron chi connectivity index (χ2n) is 11.8. The maximum absolute atomic E-state index is 12.2. The van der Waals surface area contributed by atoms with Crippen molar-refractivity contribution in [2.75, 3.05) is 13.7 Å². The van der Waals surface area contributed by atoms with Gasteiger partial charge >= 0.3 is 5.97 Å². The molecule has 0 radical (unpaired) electrons. The maximum Gasteiger partial charge on any atom is 0.338 e. The lowest BCUT2D eigenvalue weighted by molar-refractivity contribution is 0.0526. The highest BCUT2D eigenvalue weighted by atomic mass is 16.5. The molecule has 0 atom stereocenters. The molecule has 0 aromatic heterocycles. The van der Waals surface area contributed by atoms with Crippen LogP contribution in [0.5, 0.6) is 5.75 Å². The van der Waals surface area contributed by atoms with Crippen molar-refractivity contribution in [3.8, 4) is 39.1 Å². The van der Waals surface area contributed by atoms with Gasteiger partial charge in [0.15, 0.2) is 0 Å². The van der Waals surface area contributed by atoms with Crippen molar-refractivity contribution in [2.45, 2.75) is 58.3 Å². The van der Waals surface area contributed by atoms with Crippen molar-refractivity contribution < 1.29 is 14.3 Å². The van der Waals surface area contributed by atoms with Crippen molar-refractivity contribution in [3.63, 3.8) is 0 Å². The third kappa shape index (κ3) is 5.11. The number of benzene rings is 4. The minimum Gasteiger partial charge on any atom is -0.496 e. The van der Waals surface area contributed by atoms with Crippen LogP contribution in [0.25, 0.3) is 33.4 Å². The van der Waals surface area contributed by atoms with Gasteiger partial charge in [0.1, 0.15) is 5.75 Å². The fraction of sp³-hybridized carbons (Fsp3) is 0.306. The monoisotopic (exact) mass is 518 g/mol. The van der Waals surface area contributed by atoms with Crippen molar-refractivity contribution in [3.05, 3.63) is 102 Å². The van der Waals surface area contributed by atoms with Crippen LogP contribution in [0.1, 0.15) is 68.9 Å². The summed E-state index contributed by atoms with van der Waals surface area (Å²) in [5.41, 5.74) is 10.2. The number of ether oxygens (including phenoxy) is 2. The Morgan fingerprint density at radius 2 is 1.31 bits per heavy atom. The number of methoxy groups -OCH3 is 1. The first kappa shape index (κ1) is 26.7. The van der Waals surface area contributed by atoms with Crippen molar-refractivity contribution in [2.24, 2.45) is 0 Å².